The molecular formula is C21H35N5O3. The third-order valence-corrected chi connectivity index (χ3v) is 4.57. The summed E-state index contributed by atoms with van der Waals surface area (Å²) in [7, 11) is 0. The molecule has 8 heteroatoms. The van der Waals surface area contributed by atoms with Crippen LogP contribution in [0.5, 0.6) is 0 Å². The van der Waals surface area contributed by atoms with Crippen LogP contribution >= 0.6 is 0 Å². The maximum Gasteiger partial charge on any atom is 0.221 e. The molecule has 1 aliphatic heterocycles. The number of carbonyl (C=O) groups excluding carboxylic acids is 1. The van der Waals surface area contributed by atoms with Crippen LogP contribution in [0, 0.1) is 0 Å². The van der Waals surface area contributed by atoms with Gasteiger partial charge in [-0.1, -0.05) is 12.1 Å². The molecule has 1 heterocycles. The van der Waals surface area contributed by atoms with Crippen LogP contribution in [-0.4, -0.2) is 80.0 Å². The highest BCUT2D eigenvalue weighted by Gasteiger charge is 2.25. The molecule has 0 aliphatic carbocycles. The number of carbonyl (C=O) groups is 1. The Hall–Kier alpha value is -2.16. The van der Waals surface area contributed by atoms with Crippen LogP contribution in [0.3, 0.4) is 0 Å². The van der Waals surface area contributed by atoms with Crippen LogP contribution in [0.2, 0.25) is 0 Å². The van der Waals surface area contributed by atoms with Gasteiger partial charge in [0.2, 0.25) is 5.91 Å². The summed E-state index contributed by atoms with van der Waals surface area (Å²) in [4.78, 5) is 17.9. The third kappa shape index (κ3) is 9.25. The summed E-state index contributed by atoms with van der Waals surface area (Å²) >= 11 is 0. The normalized spacial score (nSPS) is 17.4. The molecule has 8 nitrogen and oxygen atoms in total. The topological polar surface area (TPSA) is 98.2 Å². The molecule has 0 bridgehead atoms. The number of benzene rings is 1. The highest BCUT2D eigenvalue weighted by molar-refractivity contribution is 5.88. The molecule has 1 amide bonds. The lowest BCUT2D eigenvalue weighted by Gasteiger charge is -2.33. The number of morpholine rings is 1. The summed E-state index contributed by atoms with van der Waals surface area (Å²) in [5, 5.41) is 20.0. The second-order valence-corrected chi connectivity index (χ2v) is 7.64. The fraction of sp³-hybridized carbons (Fsp3) is 0.619. The van der Waals surface area contributed by atoms with Gasteiger partial charge in [0.05, 0.1) is 25.4 Å². The quantitative estimate of drug-likeness (QED) is 0.359. The largest absolute Gasteiger partial charge is 0.387 e. The molecular weight excluding hydrogens is 370 g/mol. The van der Waals surface area contributed by atoms with Gasteiger partial charge in [-0.25, -0.2) is 0 Å². The minimum Gasteiger partial charge on any atom is -0.387 e. The first-order valence-corrected chi connectivity index (χ1v) is 10.3. The van der Waals surface area contributed by atoms with E-state index in [1.54, 1.807) is 0 Å². The summed E-state index contributed by atoms with van der Waals surface area (Å²) in [5.41, 5.74) is 1.08. The molecule has 0 spiro atoms. The summed E-state index contributed by atoms with van der Waals surface area (Å²) in [6.07, 6.45) is 0.828. The SMILES string of the molecule is CCNC(=NCC(C)(O)CN1CCOCC1)NCCc1ccc(NC(C)=O)cc1. The number of guanidine groups is 1. The fourth-order valence-electron chi connectivity index (χ4n) is 3.17. The number of rotatable bonds is 9. The molecule has 29 heavy (non-hydrogen) atoms. The lowest BCUT2D eigenvalue weighted by molar-refractivity contribution is -0.114. The van der Waals surface area contributed by atoms with Crippen LogP contribution < -0.4 is 16.0 Å². The van der Waals surface area contributed by atoms with E-state index >= 15 is 0 Å². The minimum absolute atomic E-state index is 0.0737. The van der Waals surface area contributed by atoms with E-state index in [0.29, 0.717) is 19.0 Å². The average Bonchev–Trinajstić information content (AvgIpc) is 2.67. The Labute approximate surface area is 173 Å². The van der Waals surface area contributed by atoms with Crippen molar-refractivity contribution >= 4 is 17.6 Å². The molecule has 2 rings (SSSR count). The van der Waals surface area contributed by atoms with Gasteiger partial charge in [-0.15, -0.1) is 0 Å². The maximum atomic E-state index is 11.1. The molecule has 1 aromatic carbocycles. The zero-order valence-electron chi connectivity index (χ0n) is 17.8. The van der Waals surface area contributed by atoms with Crippen molar-refractivity contribution < 1.29 is 14.6 Å². The first-order valence-electron chi connectivity index (χ1n) is 10.3. The highest BCUT2D eigenvalue weighted by atomic mass is 16.5. The minimum atomic E-state index is -0.890. The second kappa shape index (κ2) is 11.7. The summed E-state index contributed by atoms with van der Waals surface area (Å²) in [5.74, 6) is 0.625. The molecule has 1 atom stereocenters. The van der Waals surface area contributed by atoms with Gasteiger partial charge in [0, 0.05) is 45.3 Å². The fourth-order valence-corrected chi connectivity index (χ4v) is 3.17. The van der Waals surface area contributed by atoms with Crippen LogP contribution in [0.1, 0.15) is 26.3 Å². The predicted molar refractivity (Wildman–Crippen MR) is 116 cm³/mol. The van der Waals surface area contributed by atoms with E-state index in [1.807, 2.05) is 38.1 Å². The van der Waals surface area contributed by atoms with Crippen LogP contribution in [0.15, 0.2) is 29.3 Å². The van der Waals surface area contributed by atoms with E-state index < -0.39 is 5.60 Å². The lowest BCUT2D eigenvalue weighted by Crippen LogP contribution is -2.48. The van der Waals surface area contributed by atoms with Gasteiger partial charge >= 0.3 is 0 Å². The van der Waals surface area contributed by atoms with Crippen molar-refractivity contribution in [2.75, 3.05) is 57.8 Å². The standard InChI is InChI=1S/C21H35N5O3/c1-4-22-20(24-15-21(3,28)16-26-11-13-29-14-12-26)23-10-9-18-5-7-19(8-6-18)25-17(2)27/h5-8,28H,4,9-16H2,1-3H3,(H,25,27)(H2,22,23,24). The molecule has 4 N–H and O–H groups in total. The van der Waals surface area contributed by atoms with Crippen molar-refractivity contribution in [1.29, 1.82) is 0 Å². The van der Waals surface area contributed by atoms with E-state index in [-0.39, 0.29) is 5.91 Å². The van der Waals surface area contributed by atoms with Crippen LogP contribution in [0.4, 0.5) is 5.69 Å². The summed E-state index contributed by atoms with van der Waals surface area (Å²) < 4.78 is 5.36. The predicted octanol–water partition coefficient (Wildman–Crippen LogP) is 0.826. The van der Waals surface area contributed by atoms with Gasteiger partial charge in [0.25, 0.3) is 0 Å². The van der Waals surface area contributed by atoms with Crippen molar-refractivity contribution in [3.05, 3.63) is 29.8 Å². The van der Waals surface area contributed by atoms with Crippen LogP contribution in [0.25, 0.3) is 0 Å². The Morgan fingerprint density at radius 2 is 1.93 bits per heavy atom. The van der Waals surface area contributed by atoms with E-state index in [9.17, 15) is 9.90 Å². The molecule has 1 aliphatic rings. The Morgan fingerprint density at radius 1 is 1.24 bits per heavy atom. The first kappa shape index (κ1) is 23.1. The van der Waals surface area contributed by atoms with Gasteiger partial charge in [-0.2, -0.15) is 0 Å². The average molecular weight is 406 g/mol. The molecule has 0 saturated carbocycles. The highest BCUT2D eigenvalue weighted by Crippen LogP contribution is 2.10. The van der Waals surface area contributed by atoms with Crippen molar-refractivity contribution in [2.24, 2.45) is 4.99 Å². The molecule has 1 aromatic rings. The maximum absolute atomic E-state index is 11.1. The van der Waals surface area contributed by atoms with E-state index in [4.69, 9.17) is 4.74 Å². The van der Waals surface area contributed by atoms with Crippen molar-refractivity contribution in [3.63, 3.8) is 0 Å². The Kier molecular flexibility index (Phi) is 9.37. The van der Waals surface area contributed by atoms with Crippen molar-refractivity contribution in [2.45, 2.75) is 32.8 Å². The zero-order chi connectivity index (χ0) is 21.1. The number of amides is 1. The number of hydrogen-bond donors (Lipinski definition) is 4. The van der Waals surface area contributed by atoms with E-state index in [0.717, 1.165) is 51.5 Å². The van der Waals surface area contributed by atoms with Crippen LogP contribution in [-0.2, 0) is 16.0 Å². The number of hydrogen-bond acceptors (Lipinski definition) is 5. The van der Waals surface area contributed by atoms with Crippen molar-refractivity contribution in [1.82, 2.24) is 15.5 Å². The number of anilines is 1. The number of β-amino-alcohol motifs (C(OH)–C–C–N with tert-alkyl or cyclic N) is 1. The number of nitrogens with zero attached hydrogens (tertiary/aromatic N) is 2. The second-order valence-electron chi connectivity index (χ2n) is 7.64. The zero-order valence-corrected chi connectivity index (χ0v) is 17.8. The Balaban J connectivity index is 1.81. The van der Waals surface area contributed by atoms with Gasteiger partial charge in [0.1, 0.15) is 0 Å². The number of nitrogens with one attached hydrogen (secondary N) is 3. The first-order chi connectivity index (χ1) is 13.9. The molecule has 0 aromatic heterocycles. The van der Waals surface area contributed by atoms with Gasteiger partial charge in [0.15, 0.2) is 5.96 Å². The summed E-state index contributed by atoms with van der Waals surface area (Å²) in [6, 6.07) is 7.81. The van der Waals surface area contributed by atoms with Gasteiger partial charge < -0.3 is 25.8 Å². The monoisotopic (exact) mass is 405 g/mol. The molecule has 1 unspecified atom stereocenters. The number of aliphatic imine (C=N–C) groups is 1. The molecule has 1 saturated heterocycles. The van der Waals surface area contributed by atoms with E-state index in [2.05, 4.69) is 25.8 Å². The lowest BCUT2D eigenvalue weighted by atomic mass is 10.1. The summed E-state index contributed by atoms with van der Waals surface area (Å²) in [6.45, 7) is 10.8. The molecule has 162 valence electrons. The van der Waals surface area contributed by atoms with E-state index in [1.165, 1.54) is 12.5 Å². The third-order valence-electron chi connectivity index (χ3n) is 4.57. The number of ether oxygens (including phenoxy) is 1. The molecule has 0 radical (unpaired) electrons. The molecule has 1 fully saturated rings. The number of aliphatic hydroxyl groups is 1. The Morgan fingerprint density at radius 3 is 2.55 bits per heavy atom. The Bertz CT molecular complexity index is 655. The van der Waals surface area contributed by atoms with Gasteiger partial charge in [-0.05, 0) is 38.0 Å². The smallest absolute Gasteiger partial charge is 0.221 e. The van der Waals surface area contributed by atoms with Gasteiger partial charge in [-0.3, -0.25) is 14.7 Å². The van der Waals surface area contributed by atoms with Crippen molar-refractivity contribution in [3.8, 4) is 0 Å².